The van der Waals surface area contributed by atoms with Crippen LogP contribution in [-0.4, -0.2) is 11.5 Å². The Morgan fingerprint density at radius 3 is 2.76 bits per heavy atom. The third-order valence-electron chi connectivity index (χ3n) is 2.95. The monoisotopic (exact) mass is 306 g/mol. The molecule has 0 atom stereocenters. The van der Waals surface area contributed by atoms with Crippen molar-refractivity contribution in [2.45, 2.75) is 13.0 Å². The van der Waals surface area contributed by atoms with Crippen molar-refractivity contribution >= 4 is 17.3 Å². The maximum Gasteiger partial charge on any atom is 0.269 e. The highest BCUT2D eigenvalue weighted by Crippen LogP contribution is 2.24. The summed E-state index contributed by atoms with van der Waals surface area (Å²) in [7, 11) is 0. The second kappa shape index (κ2) is 7.06. The summed E-state index contributed by atoms with van der Waals surface area (Å²) < 4.78 is 5.73. The molecule has 2 aromatic rings. The fourth-order valence-corrected chi connectivity index (χ4v) is 2.16. The van der Waals surface area contributed by atoms with Crippen molar-refractivity contribution in [1.82, 2.24) is 0 Å². The van der Waals surface area contributed by atoms with Crippen LogP contribution in [-0.2, 0) is 13.0 Å². The number of nitrogens with zero attached hydrogens (tertiary/aromatic N) is 1. The molecule has 0 radical (unpaired) electrons. The number of rotatable bonds is 6. The van der Waals surface area contributed by atoms with E-state index in [1.807, 2.05) is 6.07 Å². The molecule has 0 spiro atoms. The molecule has 2 rings (SSSR count). The third-order valence-corrected chi connectivity index (χ3v) is 3.19. The molecular weight excluding hydrogens is 292 g/mol. The van der Waals surface area contributed by atoms with Gasteiger partial charge in [0, 0.05) is 17.2 Å². The highest BCUT2D eigenvalue weighted by Gasteiger charge is 2.08. The minimum absolute atomic E-state index is 0.0504. The van der Waals surface area contributed by atoms with E-state index >= 15 is 0 Å². The molecule has 110 valence electrons. The first-order chi connectivity index (χ1) is 10.1. The van der Waals surface area contributed by atoms with Crippen LogP contribution in [0.2, 0.25) is 5.02 Å². The zero-order valence-corrected chi connectivity index (χ0v) is 12.0. The number of non-ortho nitro benzene ring substituents is 1. The van der Waals surface area contributed by atoms with Gasteiger partial charge in [-0.1, -0.05) is 23.7 Å². The molecular formula is C15H15ClN2O3. The summed E-state index contributed by atoms with van der Waals surface area (Å²) in [6, 6.07) is 11.7. The Morgan fingerprint density at radius 2 is 2.05 bits per heavy atom. The zero-order chi connectivity index (χ0) is 15.2. The van der Waals surface area contributed by atoms with E-state index in [1.165, 1.54) is 12.1 Å². The summed E-state index contributed by atoms with van der Waals surface area (Å²) in [5.41, 5.74) is 7.28. The number of hydrogen-bond donors (Lipinski definition) is 1. The summed E-state index contributed by atoms with van der Waals surface area (Å²) in [5, 5.41) is 11.4. The number of nitro groups is 1. The number of ether oxygens (including phenoxy) is 1. The standard InChI is InChI=1S/C15H15ClN2O3/c16-13-4-5-15(12(9-13)6-7-17)21-10-11-2-1-3-14(8-11)18(19)20/h1-5,8-9H,6-7,10,17H2. The van der Waals surface area contributed by atoms with Crippen molar-refractivity contribution in [1.29, 1.82) is 0 Å². The van der Waals surface area contributed by atoms with E-state index in [-0.39, 0.29) is 12.3 Å². The van der Waals surface area contributed by atoms with Gasteiger partial charge in [0.2, 0.25) is 0 Å². The summed E-state index contributed by atoms with van der Waals surface area (Å²) in [5.74, 6) is 0.691. The minimum atomic E-state index is -0.425. The Balaban J connectivity index is 2.12. The van der Waals surface area contributed by atoms with Crippen LogP contribution in [0.3, 0.4) is 0 Å². The second-order valence-electron chi connectivity index (χ2n) is 4.51. The van der Waals surface area contributed by atoms with Crippen molar-refractivity contribution in [2.75, 3.05) is 6.54 Å². The van der Waals surface area contributed by atoms with Crippen molar-refractivity contribution in [3.8, 4) is 5.75 Å². The van der Waals surface area contributed by atoms with Crippen LogP contribution in [0.4, 0.5) is 5.69 Å². The van der Waals surface area contributed by atoms with Crippen molar-refractivity contribution < 1.29 is 9.66 Å². The van der Waals surface area contributed by atoms with Gasteiger partial charge in [-0.3, -0.25) is 10.1 Å². The van der Waals surface area contributed by atoms with E-state index in [2.05, 4.69) is 0 Å². The highest BCUT2D eigenvalue weighted by molar-refractivity contribution is 6.30. The topological polar surface area (TPSA) is 78.4 Å². The van der Waals surface area contributed by atoms with Crippen LogP contribution < -0.4 is 10.5 Å². The molecule has 21 heavy (non-hydrogen) atoms. The summed E-state index contributed by atoms with van der Waals surface area (Å²) >= 11 is 5.95. The minimum Gasteiger partial charge on any atom is -0.489 e. The average molecular weight is 307 g/mol. The van der Waals surface area contributed by atoms with E-state index in [0.717, 1.165) is 11.1 Å². The maximum atomic E-state index is 10.7. The highest BCUT2D eigenvalue weighted by atomic mass is 35.5. The number of nitro benzene ring substituents is 1. The van der Waals surface area contributed by atoms with E-state index in [4.69, 9.17) is 22.1 Å². The van der Waals surface area contributed by atoms with Gasteiger partial charge in [-0.2, -0.15) is 0 Å². The summed E-state index contributed by atoms with van der Waals surface area (Å²) in [6.45, 7) is 0.744. The predicted molar refractivity (Wildman–Crippen MR) is 81.6 cm³/mol. The molecule has 0 aliphatic rings. The van der Waals surface area contributed by atoms with Gasteiger partial charge in [0.25, 0.3) is 5.69 Å². The number of halogens is 1. The molecule has 0 saturated carbocycles. The first-order valence-corrected chi connectivity index (χ1v) is 6.82. The molecule has 2 aromatic carbocycles. The van der Waals surface area contributed by atoms with Gasteiger partial charge in [0.1, 0.15) is 12.4 Å². The van der Waals surface area contributed by atoms with Crippen LogP contribution in [0, 0.1) is 10.1 Å². The Morgan fingerprint density at radius 1 is 1.24 bits per heavy atom. The van der Waals surface area contributed by atoms with Crippen molar-refractivity contribution in [3.05, 3.63) is 68.7 Å². The smallest absolute Gasteiger partial charge is 0.269 e. The zero-order valence-electron chi connectivity index (χ0n) is 11.3. The lowest BCUT2D eigenvalue weighted by Gasteiger charge is -2.11. The molecule has 2 N–H and O–H groups in total. The van der Waals surface area contributed by atoms with Gasteiger partial charge >= 0.3 is 0 Å². The van der Waals surface area contributed by atoms with Crippen LogP contribution >= 0.6 is 11.6 Å². The summed E-state index contributed by atoms with van der Waals surface area (Å²) in [6.07, 6.45) is 0.658. The number of nitrogens with two attached hydrogens (primary N) is 1. The molecule has 0 amide bonds. The molecule has 0 unspecified atom stereocenters. The molecule has 0 aliphatic heterocycles. The van der Waals surface area contributed by atoms with Gasteiger partial charge < -0.3 is 10.5 Å². The third kappa shape index (κ3) is 4.18. The Labute approximate surface area is 127 Å². The van der Waals surface area contributed by atoms with Crippen molar-refractivity contribution in [3.63, 3.8) is 0 Å². The van der Waals surface area contributed by atoms with Crippen LogP contribution in [0.15, 0.2) is 42.5 Å². The first kappa shape index (κ1) is 15.3. The lowest BCUT2D eigenvalue weighted by molar-refractivity contribution is -0.384. The van der Waals surface area contributed by atoms with Gasteiger partial charge in [0.15, 0.2) is 0 Å². The predicted octanol–water partition coefficient (Wildman–Crippen LogP) is 3.33. The lowest BCUT2D eigenvalue weighted by Crippen LogP contribution is -2.05. The SMILES string of the molecule is NCCc1cc(Cl)ccc1OCc1cccc([N+](=O)[O-])c1. The van der Waals surface area contributed by atoms with Gasteiger partial charge in [-0.15, -0.1) is 0 Å². The first-order valence-electron chi connectivity index (χ1n) is 6.45. The summed E-state index contributed by atoms with van der Waals surface area (Å²) in [4.78, 5) is 10.3. The van der Waals surface area contributed by atoms with E-state index in [0.29, 0.717) is 23.7 Å². The molecule has 6 heteroatoms. The number of hydrogen-bond acceptors (Lipinski definition) is 4. The quantitative estimate of drug-likeness (QED) is 0.656. The normalized spacial score (nSPS) is 10.4. The van der Waals surface area contributed by atoms with Crippen LogP contribution in [0.5, 0.6) is 5.75 Å². The fourth-order valence-electron chi connectivity index (χ4n) is 1.96. The molecule has 0 fully saturated rings. The van der Waals surface area contributed by atoms with Crippen LogP contribution in [0.25, 0.3) is 0 Å². The lowest BCUT2D eigenvalue weighted by atomic mass is 10.1. The molecule has 0 aliphatic carbocycles. The van der Waals surface area contributed by atoms with Gasteiger partial charge in [-0.25, -0.2) is 0 Å². The van der Waals surface area contributed by atoms with Crippen LogP contribution in [0.1, 0.15) is 11.1 Å². The largest absolute Gasteiger partial charge is 0.489 e. The van der Waals surface area contributed by atoms with Gasteiger partial charge in [-0.05, 0) is 42.3 Å². The van der Waals surface area contributed by atoms with Crippen molar-refractivity contribution in [2.24, 2.45) is 5.73 Å². The molecule has 0 bridgehead atoms. The van der Waals surface area contributed by atoms with E-state index in [9.17, 15) is 10.1 Å². The maximum absolute atomic E-state index is 10.7. The van der Waals surface area contributed by atoms with Gasteiger partial charge in [0.05, 0.1) is 4.92 Å². The molecule has 0 aromatic heterocycles. The Kier molecular flexibility index (Phi) is 5.14. The fraction of sp³-hybridized carbons (Fsp3) is 0.200. The van der Waals surface area contributed by atoms with E-state index in [1.54, 1.807) is 24.3 Å². The molecule has 5 nitrogen and oxygen atoms in total. The number of benzene rings is 2. The molecule has 0 heterocycles. The Bertz CT molecular complexity index is 647. The second-order valence-corrected chi connectivity index (χ2v) is 4.94. The Hall–Kier alpha value is -2.11. The van der Waals surface area contributed by atoms with E-state index < -0.39 is 4.92 Å². The average Bonchev–Trinajstić information content (AvgIpc) is 2.47. The molecule has 0 saturated heterocycles.